The Bertz CT molecular complexity index is 957. The molecule has 0 radical (unpaired) electrons. The molecular formula is C21H23N3O5. The van der Waals surface area contributed by atoms with E-state index < -0.39 is 0 Å². The van der Waals surface area contributed by atoms with Crippen molar-refractivity contribution in [2.24, 2.45) is 0 Å². The number of rotatable bonds is 8. The molecule has 8 nitrogen and oxygen atoms in total. The van der Waals surface area contributed by atoms with Gasteiger partial charge in [0, 0.05) is 36.2 Å². The van der Waals surface area contributed by atoms with Crippen molar-refractivity contribution in [3.8, 4) is 28.6 Å². The lowest BCUT2D eigenvalue weighted by atomic mass is 10.1. The lowest BCUT2D eigenvalue weighted by Crippen LogP contribution is -2.12. The monoisotopic (exact) mass is 397 g/mol. The van der Waals surface area contributed by atoms with Crippen molar-refractivity contribution in [1.82, 2.24) is 10.1 Å². The molecule has 1 amide bonds. The van der Waals surface area contributed by atoms with Crippen molar-refractivity contribution in [2.45, 2.75) is 19.8 Å². The first-order valence-corrected chi connectivity index (χ1v) is 9.03. The summed E-state index contributed by atoms with van der Waals surface area (Å²) in [6, 6.07) is 11.2. The van der Waals surface area contributed by atoms with Gasteiger partial charge in [-0.25, -0.2) is 0 Å². The summed E-state index contributed by atoms with van der Waals surface area (Å²) in [6.07, 6.45) is 0.515. The second-order valence-electron chi connectivity index (χ2n) is 6.34. The third kappa shape index (κ3) is 4.84. The van der Waals surface area contributed by atoms with Crippen molar-refractivity contribution in [2.75, 3.05) is 26.6 Å². The van der Waals surface area contributed by atoms with Crippen molar-refractivity contribution in [3.63, 3.8) is 0 Å². The van der Waals surface area contributed by atoms with E-state index in [0.717, 1.165) is 11.1 Å². The Morgan fingerprint density at radius 1 is 1.03 bits per heavy atom. The predicted octanol–water partition coefficient (Wildman–Crippen LogP) is 3.64. The minimum absolute atomic E-state index is 0.187. The summed E-state index contributed by atoms with van der Waals surface area (Å²) in [5, 5.41) is 6.79. The van der Waals surface area contributed by atoms with Gasteiger partial charge in [0.1, 0.15) is 0 Å². The fraction of sp³-hybridized carbons (Fsp3) is 0.286. The molecule has 0 saturated heterocycles. The van der Waals surface area contributed by atoms with Gasteiger partial charge in [-0.2, -0.15) is 4.98 Å². The molecule has 8 heteroatoms. The maximum Gasteiger partial charge on any atom is 0.227 e. The van der Waals surface area contributed by atoms with Gasteiger partial charge in [-0.05, 0) is 6.92 Å². The maximum absolute atomic E-state index is 12.3. The molecule has 3 rings (SSSR count). The number of nitrogens with one attached hydrogen (secondary N) is 1. The fourth-order valence-electron chi connectivity index (χ4n) is 2.77. The average Bonchev–Trinajstić information content (AvgIpc) is 3.21. The summed E-state index contributed by atoms with van der Waals surface area (Å²) in [4.78, 5) is 16.7. The van der Waals surface area contributed by atoms with Crippen molar-refractivity contribution in [3.05, 3.63) is 47.9 Å². The van der Waals surface area contributed by atoms with Crippen LogP contribution in [0.4, 0.5) is 5.69 Å². The molecule has 1 aromatic heterocycles. The van der Waals surface area contributed by atoms with Gasteiger partial charge >= 0.3 is 0 Å². The summed E-state index contributed by atoms with van der Waals surface area (Å²) in [6.45, 7) is 2.01. The fourth-order valence-corrected chi connectivity index (χ4v) is 2.77. The van der Waals surface area contributed by atoms with Gasteiger partial charge in [0.25, 0.3) is 0 Å². The standard InChI is InChI=1S/C21H23N3O5/c1-13-5-7-14(8-6-13)21-23-19(29-24-21)10-9-18(25)22-15-11-16(26-2)20(28-4)17(12-15)27-3/h5-8,11-12H,9-10H2,1-4H3,(H,22,25). The topological polar surface area (TPSA) is 95.7 Å². The van der Waals surface area contributed by atoms with Crippen LogP contribution in [0.5, 0.6) is 17.2 Å². The van der Waals surface area contributed by atoms with Crippen LogP contribution in [0, 0.1) is 6.92 Å². The average molecular weight is 397 g/mol. The molecule has 29 heavy (non-hydrogen) atoms. The van der Waals surface area contributed by atoms with Crippen LogP contribution in [0.3, 0.4) is 0 Å². The zero-order valence-electron chi connectivity index (χ0n) is 16.8. The van der Waals surface area contributed by atoms with Gasteiger partial charge < -0.3 is 24.1 Å². The molecule has 0 aliphatic rings. The van der Waals surface area contributed by atoms with E-state index in [-0.39, 0.29) is 12.3 Å². The second kappa shape index (κ2) is 9.09. The SMILES string of the molecule is COc1cc(NC(=O)CCc2nc(-c3ccc(C)cc3)no2)cc(OC)c1OC. The molecule has 2 aromatic carbocycles. The molecule has 1 heterocycles. The highest BCUT2D eigenvalue weighted by molar-refractivity contribution is 5.91. The molecule has 0 unspecified atom stereocenters. The van der Waals surface area contributed by atoms with Crippen LogP contribution in [0.15, 0.2) is 40.9 Å². The molecule has 0 saturated carbocycles. The first kappa shape index (κ1) is 20.2. The number of benzene rings is 2. The van der Waals surface area contributed by atoms with Crippen LogP contribution in [0.25, 0.3) is 11.4 Å². The molecular weight excluding hydrogens is 374 g/mol. The number of aryl methyl sites for hydroxylation is 2. The highest BCUT2D eigenvalue weighted by Crippen LogP contribution is 2.39. The highest BCUT2D eigenvalue weighted by Gasteiger charge is 2.15. The zero-order chi connectivity index (χ0) is 20.8. The van der Waals surface area contributed by atoms with Gasteiger partial charge in [-0.3, -0.25) is 4.79 Å². The smallest absolute Gasteiger partial charge is 0.227 e. The summed E-state index contributed by atoms with van der Waals surface area (Å²) in [5.41, 5.74) is 2.56. The van der Waals surface area contributed by atoms with Gasteiger partial charge in [-0.1, -0.05) is 35.0 Å². The largest absolute Gasteiger partial charge is 0.493 e. The third-order valence-corrected chi connectivity index (χ3v) is 4.29. The number of carbonyl (C=O) groups is 1. The van der Waals surface area contributed by atoms with Crippen LogP contribution in [0.1, 0.15) is 17.9 Å². The van der Waals surface area contributed by atoms with E-state index in [9.17, 15) is 4.79 Å². The molecule has 0 aliphatic carbocycles. The van der Waals surface area contributed by atoms with E-state index in [4.69, 9.17) is 18.7 Å². The summed E-state index contributed by atoms with van der Waals surface area (Å²) < 4.78 is 21.1. The Hall–Kier alpha value is -3.55. The normalized spacial score (nSPS) is 10.5. The van der Waals surface area contributed by atoms with Gasteiger partial charge in [0.2, 0.25) is 23.4 Å². The number of hydrogen-bond acceptors (Lipinski definition) is 7. The number of nitrogens with zero attached hydrogens (tertiary/aromatic N) is 2. The molecule has 0 atom stereocenters. The number of carbonyl (C=O) groups excluding carboxylic acids is 1. The minimum atomic E-state index is -0.200. The number of methoxy groups -OCH3 is 3. The first-order valence-electron chi connectivity index (χ1n) is 9.03. The number of ether oxygens (including phenoxy) is 3. The molecule has 1 N–H and O–H groups in total. The first-order chi connectivity index (χ1) is 14.0. The summed E-state index contributed by atoms with van der Waals surface area (Å²) in [5.74, 6) is 2.09. The highest BCUT2D eigenvalue weighted by atomic mass is 16.5. The van der Waals surface area contributed by atoms with E-state index in [1.165, 1.54) is 21.3 Å². The molecule has 0 aliphatic heterocycles. The van der Waals surface area contributed by atoms with Crippen LogP contribution in [0.2, 0.25) is 0 Å². The van der Waals surface area contributed by atoms with Crippen LogP contribution in [-0.4, -0.2) is 37.4 Å². The predicted molar refractivity (Wildman–Crippen MR) is 108 cm³/mol. The second-order valence-corrected chi connectivity index (χ2v) is 6.34. The number of aromatic nitrogens is 2. The zero-order valence-corrected chi connectivity index (χ0v) is 16.8. The van der Waals surface area contributed by atoms with E-state index in [2.05, 4.69) is 15.5 Å². The van der Waals surface area contributed by atoms with E-state index in [1.807, 2.05) is 31.2 Å². The molecule has 0 fully saturated rings. The Morgan fingerprint density at radius 3 is 2.28 bits per heavy atom. The quantitative estimate of drug-likeness (QED) is 0.620. The van der Waals surface area contributed by atoms with Crippen LogP contribution >= 0.6 is 0 Å². The Balaban J connectivity index is 1.62. The van der Waals surface area contributed by atoms with E-state index in [0.29, 0.717) is 41.1 Å². The van der Waals surface area contributed by atoms with Crippen LogP contribution in [-0.2, 0) is 11.2 Å². The lowest BCUT2D eigenvalue weighted by molar-refractivity contribution is -0.116. The van der Waals surface area contributed by atoms with E-state index in [1.54, 1.807) is 12.1 Å². The maximum atomic E-state index is 12.3. The van der Waals surface area contributed by atoms with E-state index >= 15 is 0 Å². The van der Waals surface area contributed by atoms with Crippen molar-refractivity contribution >= 4 is 11.6 Å². The minimum Gasteiger partial charge on any atom is -0.493 e. The summed E-state index contributed by atoms with van der Waals surface area (Å²) in [7, 11) is 4.56. The van der Waals surface area contributed by atoms with Gasteiger partial charge in [-0.15, -0.1) is 0 Å². The Morgan fingerprint density at radius 2 is 1.69 bits per heavy atom. The molecule has 0 bridgehead atoms. The Kier molecular flexibility index (Phi) is 6.33. The van der Waals surface area contributed by atoms with Crippen molar-refractivity contribution < 1.29 is 23.5 Å². The summed E-state index contributed by atoms with van der Waals surface area (Å²) >= 11 is 0. The van der Waals surface area contributed by atoms with Gasteiger partial charge in [0.15, 0.2) is 11.5 Å². The molecule has 152 valence electrons. The molecule has 0 spiro atoms. The number of anilines is 1. The van der Waals surface area contributed by atoms with Crippen LogP contribution < -0.4 is 19.5 Å². The number of amides is 1. The van der Waals surface area contributed by atoms with Crippen molar-refractivity contribution in [1.29, 1.82) is 0 Å². The molecule has 3 aromatic rings. The number of hydrogen-bond donors (Lipinski definition) is 1. The lowest BCUT2D eigenvalue weighted by Gasteiger charge is -2.14. The van der Waals surface area contributed by atoms with Gasteiger partial charge in [0.05, 0.1) is 21.3 Å². The third-order valence-electron chi connectivity index (χ3n) is 4.29. The Labute approximate surface area is 168 Å².